The van der Waals surface area contributed by atoms with Gasteiger partial charge in [-0.05, 0) is 31.0 Å². The molecular formula is C13H17ClFNO. The van der Waals surface area contributed by atoms with Crippen LogP contribution in [-0.4, -0.2) is 17.3 Å². The highest BCUT2D eigenvalue weighted by Gasteiger charge is 2.27. The number of halogens is 2. The summed E-state index contributed by atoms with van der Waals surface area (Å²) in [5.74, 6) is -0.350. The van der Waals surface area contributed by atoms with E-state index < -0.39 is 11.4 Å². The summed E-state index contributed by atoms with van der Waals surface area (Å²) in [6.45, 7) is 3.94. The van der Waals surface area contributed by atoms with Gasteiger partial charge in [-0.1, -0.05) is 19.9 Å². The summed E-state index contributed by atoms with van der Waals surface area (Å²) >= 11 is 5.90. The number of nitrogens with one attached hydrogen (secondary N) is 1. The van der Waals surface area contributed by atoms with Crippen molar-refractivity contribution in [3.05, 3.63) is 35.6 Å². The minimum atomic E-state index is -0.415. The van der Waals surface area contributed by atoms with Crippen LogP contribution in [0.4, 0.5) is 4.39 Å². The van der Waals surface area contributed by atoms with E-state index >= 15 is 0 Å². The van der Waals surface area contributed by atoms with Gasteiger partial charge in [0, 0.05) is 11.4 Å². The molecule has 0 fully saturated rings. The summed E-state index contributed by atoms with van der Waals surface area (Å²) in [6, 6.07) is 5.64. The van der Waals surface area contributed by atoms with Crippen molar-refractivity contribution in [2.24, 2.45) is 0 Å². The summed E-state index contributed by atoms with van der Waals surface area (Å²) in [5.41, 5.74) is -0.0910. The molecule has 1 amide bonds. The fourth-order valence-corrected chi connectivity index (χ4v) is 2.04. The van der Waals surface area contributed by atoms with Gasteiger partial charge in [0.15, 0.2) is 0 Å². The van der Waals surface area contributed by atoms with Crippen LogP contribution in [0.3, 0.4) is 0 Å². The van der Waals surface area contributed by atoms with Crippen LogP contribution in [0.2, 0.25) is 0 Å². The maximum Gasteiger partial charge on any atom is 0.251 e. The minimum absolute atomic E-state index is 0.283. The Morgan fingerprint density at radius 3 is 2.53 bits per heavy atom. The first-order chi connectivity index (χ1) is 8.06. The Labute approximate surface area is 106 Å². The van der Waals surface area contributed by atoms with Crippen LogP contribution in [0.5, 0.6) is 0 Å². The standard InChI is InChI=1S/C13H17ClFNO/c1-3-13(4-2,9-14)16-12(17)10-6-5-7-11(15)8-10/h5-8H,3-4,9H2,1-2H3,(H,16,17). The molecular weight excluding hydrogens is 241 g/mol. The van der Waals surface area contributed by atoms with Crippen LogP contribution in [0.1, 0.15) is 37.0 Å². The molecule has 0 bridgehead atoms. The van der Waals surface area contributed by atoms with E-state index in [4.69, 9.17) is 11.6 Å². The Balaban J connectivity index is 2.84. The van der Waals surface area contributed by atoms with Crippen molar-refractivity contribution in [1.29, 1.82) is 0 Å². The van der Waals surface area contributed by atoms with Crippen LogP contribution in [0.15, 0.2) is 24.3 Å². The van der Waals surface area contributed by atoms with Gasteiger partial charge in [0.25, 0.3) is 5.91 Å². The number of hydrogen-bond donors (Lipinski definition) is 1. The summed E-state index contributed by atoms with van der Waals surface area (Å²) in [5, 5.41) is 2.89. The molecule has 4 heteroatoms. The highest BCUT2D eigenvalue weighted by molar-refractivity contribution is 6.18. The Morgan fingerprint density at radius 1 is 1.41 bits per heavy atom. The molecule has 0 saturated heterocycles. The van der Waals surface area contributed by atoms with E-state index in [1.165, 1.54) is 18.2 Å². The first kappa shape index (κ1) is 14.0. The van der Waals surface area contributed by atoms with E-state index in [9.17, 15) is 9.18 Å². The molecule has 0 heterocycles. The van der Waals surface area contributed by atoms with Crippen LogP contribution in [-0.2, 0) is 0 Å². The summed E-state index contributed by atoms with van der Waals surface area (Å²) in [7, 11) is 0. The lowest BCUT2D eigenvalue weighted by Gasteiger charge is -2.30. The highest BCUT2D eigenvalue weighted by Crippen LogP contribution is 2.18. The predicted molar refractivity (Wildman–Crippen MR) is 67.9 cm³/mol. The minimum Gasteiger partial charge on any atom is -0.345 e. The Hall–Kier alpha value is -1.09. The summed E-state index contributed by atoms with van der Waals surface area (Å²) < 4.78 is 13.0. The number of rotatable bonds is 5. The first-order valence-corrected chi connectivity index (χ1v) is 6.24. The molecule has 0 aliphatic rings. The van der Waals surface area contributed by atoms with Crippen molar-refractivity contribution >= 4 is 17.5 Å². The quantitative estimate of drug-likeness (QED) is 0.806. The molecule has 1 aromatic carbocycles. The van der Waals surface area contributed by atoms with Crippen molar-refractivity contribution in [2.75, 3.05) is 5.88 Å². The van der Waals surface area contributed by atoms with Gasteiger partial charge in [-0.2, -0.15) is 0 Å². The Morgan fingerprint density at radius 2 is 2.06 bits per heavy atom. The summed E-state index contributed by atoms with van der Waals surface area (Å²) in [4.78, 5) is 12.0. The van der Waals surface area contributed by atoms with Gasteiger partial charge >= 0.3 is 0 Å². The second-order valence-electron chi connectivity index (χ2n) is 4.09. The number of alkyl halides is 1. The average Bonchev–Trinajstić information content (AvgIpc) is 2.36. The first-order valence-electron chi connectivity index (χ1n) is 5.71. The van der Waals surface area contributed by atoms with E-state index in [1.54, 1.807) is 6.07 Å². The third-order valence-electron chi connectivity index (χ3n) is 3.07. The zero-order valence-corrected chi connectivity index (χ0v) is 10.9. The number of benzene rings is 1. The van der Waals surface area contributed by atoms with Crippen molar-refractivity contribution in [2.45, 2.75) is 32.2 Å². The Bertz CT molecular complexity index is 382. The molecule has 0 aliphatic heterocycles. The molecule has 1 rings (SSSR count). The lowest BCUT2D eigenvalue weighted by atomic mass is 9.94. The highest BCUT2D eigenvalue weighted by atomic mass is 35.5. The molecule has 0 atom stereocenters. The third-order valence-corrected chi connectivity index (χ3v) is 3.59. The molecule has 0 aromatic heterocycles. The van der Waals surface area contributed by atoms with Gasteiger partial charge in [-0.3, -0.25) is 4.79 Å². The van der Waals surface area contributed by atoms with Gasteiger partial charge in [0.1, 0.15) is 5.82 Å². The maximum absolute atomic E-state index is 13.0. The Kier molecular flexibility index (Phi) is 4.94. The van der Waals surface area contributed by atoms with E-state index in [-0.39, 0.29) is 5.91 Å². The van der Waals surface area contributed by atoms with Crippen molar-refractivity contribution in [3.8, 4) is 0 Å². The van der Waals surface area contributed by atoms with Crippen LogP contribution in [0, 0.1) is 5.82 Å². The van der Waals surface area contributed by atoms with Gasteiger partial charge in [-0.15, -0.1) is 11.6 Å². The number of carbonyl (C=O) groups excluding carboxylic acids is 1. The van der Waals surface area contributed by atoms with Gasteiger partial charge in [0.05, 0.1) is 5.54 Å². The predicted octanol–water partition coefficient (Wildman–Crippen LogP) is 3.35. The maximum atomic E-state index is 13.0. The van der Waals surface area contributed by atoms with Crippen LogP contribution >= 0.6 is 11.6 Å². The second-order valence-corrected chi connectivity index (χ2v) is 4.35. The number of amides is 1. The molecule has 17 heavy (non-hydrogen) atoms. The second kappa shape index (κ2) is 6.01. The monoisotopic (exact) mass is 257 g/mol. The molecule has 0 saturated carbocycles. The lowest BCUT2D eigenvalue weighted by molar-refractivity contribution is 0.0902. The molecule has 1 aromatic rings. The summed E-state index contributed by atoms with van der Waals surface area (Å²) in [6.07, 6.45) is 1.49. The molecule has 0 spiro atoms. The molecule has 0 aliphatic carbocycles. The van der Waals surface area contributed by atoms with Gasteiger partial charge in [-0.25, -0.2) is 4.39 Å². The van der Waals surface area contributed by atoms with Gasteiger partial charge in [0.2, 0.25) is 0 Å². The van der Waals surface area contributed by atoms with Crippen molar-refractivity contribution < 1.29 is 9.18 Å². The molecule has 0 unspecified atom stereocenters. The van der Waals surface area contributed by atoms with E-state index in [0.717, 1.165) is 12.8 Å². The van der Waals surface area contributed by atoms with Crippen molar-refractivity contribution in [1.82, 2.24) is 5.32 Å². The van der Waals surface area contributed by atoms with E-state index in [1.807, 2.05) is 13.8 Å². The van der Waals surface area contributed by atoms with Crippen LogP contribution < -0.4 is 5.32 Å². The zero-order valence-electron chi connectivity index (χ0n) is 10.1. The molecule has 94 valence electrons. The smallest absolute Gasteiger partial charge is 0.251 e. The van der Waals surface area contributed by atoms with Crippen molar-refractivity contribution in [3.63, 3.8) is 0 Å². The van der Waals surface area contributed by atoms with Gasteiger partial charge < -0.3 is 5.32 Å². The average molecular weight is 258 g/mol. The zero-order chi connectivity index (χ0) is 12.9. The molecule has 0 radical (unpaired) electrons. The normalized spacial score (nSPS) is 11.3. The van der Waals surface area contributed by atoms with E-state index in [2.05, 4.69) is 5.32 Å². The molecule has 1 N–H and O–H groups in total. The molecule has 2 nitrogen and oxygen atoms in total. The fourth-order valence-electron chi connectivity index (χ4n) is 1.59. The fraction of sp³-hybridized carbons (Fsp3) is 0.462. The number of carbonyl (C=O) groups is 1. The third kappa shape index (κ3) is 3.43. The largest absolute Gasteiger partial charge is 0.345 e. The topological polar surface area (TPSA) is 29.1 Å². The van der Waals surface area contributed by atoms with E-state index in [0.29, 0.717) is 11.4 Å². The lowest BCUT2D eigenvalue weighted by Crippen LogP contribution is -2.49. The number of hydrogen-bond acceptors (Lipinski definition) is 1. The van der Waals surface area contributed by atoms with Crippen LogP contribution in [0.25, 0.3) is 0 Å². The SMILES string of the molecule is CCC(CC)(CCl)NC(=O)c1cccc(F)c1.